The molecule has 0 radical (unpaired) electrons. The smallest absolute Gasteiger partial charge is 0.120 e. The second-order valence-corrected chi connectivity index (χ2v) is 5.57. The van der Waals surface area contributed by atoms with Crippen molar-refractivity contribution in [2.24, 2.45) is 0 Å². The fourth-order valence-electron chi connectivity index (χ4n) is 1.49. The van der Waals surface area contributed by atoms with Crippen molar-refractivity contribution in [2.75, 3.05) is 18.5 Å². The number of hydrogen-bond donors (Lipinski definition) is 1. The molecule has 18 heavy (non-hydrogen) atoms. The Bertz CT molecular complexity index is 499. The number of nitrogens with one attached hydrogen (secondary N) is 1. The van der Waals surface area contributed by atoms with Crippen LogP contribution in [0.3, 0.4) is 0 Å². The van der Waals surface area contributed by atoms with E-state index >= 15 is 0 Å². The molecule has 0 saturated carbocycles. The van der Waals surface area contributed by atoms with E-state index in [-0.39, 0.29) is 0 Å². The van der Waals surface area contributed by atoms with Crippen LogP contribution in [0.2, 0.25) is 0 Å². The molecule has 0 aromatic heterocycles. The van der Waals surface area contributed by atoms with Crippen molar-refractivity contribution in [1.29, 1.82) is 0 Å². The number of anilines is 1. The van der Waals surface area contributed by atoms with Gasteiger partial charge in [0.25, 0.3) is 0 Å². The highest BCUT2D eigenvalue weighted by atomic mass is 79.9. The molecule has 1 N–H and O–H groups in total. The number of halogens is 2. The maximum absolute atomic E-state index is 5.63. The van der Waals surface area contributed by atoms with Crippen LogP contribution < -0.4 is 10.1 Å². The van der Waals surface area contributed by atoms with Gasteiger partial charge >= 0.3 is 0 Å². The number of rotatable bonds is 5. The van der Waals surface area contributed by atoms with Crippen LogP contribution >= 0.6 is 31.9 Å². The Kier molecular flexibility index (Phi) is 5.08. The monoisotopic (exact) mass is 369 g/mol. The highest BCUT2D eigenvalue weighted by molar-refractivity contribution is 9.10. The van der Waals surface area contributed by atoms with Crippen LogP contribution in [-0.4, -0.2) is 13.2 Å². The van der Waals surface area contributed by atoms with Gasteiger partial charge in [0.2, 0.25) is 0 Å². The van der Waals surface area contributed by atoms with E-state index in [9.17, 15) is 0 Å². The number of hydrogen-bond acceptors (Lipinski definition) is 2. The molecule has 0 aliphatic carbocycles. The van der Waals surface area contributed by atoms with Crippen LogP contribution in [0.5, 0.6) is 5.75 Å². The molecule has 2 aromatic rings. The van der Waals surface area contributed by atoms with Gasteiger partial charge in [0.15, 0.2) is 0 Å². The van der Waals surface area contributed by atoms with Crippen molar-refractivity contribution in [2.45, 2.75) is 0 Å². The lowest BCUT2D eigenvalue weighted by Gasteiger charge is -2.08. The van der Waals surface area contributed by atoms with Gasteiger partial charge in [0.1, 0.15) is 12.4 Å². The standard InChI is InChI=1S/C14H13Br2NO/c15-11-4-6-13(7-5-11)17-8-9-18-14-3-1-2-12(16)10-14/h1-7,10,17H,8-9H2. The van der Waals surface area contributed by atoms with Gasteiger partial charge in [-0.25, -0.2) is 0 Å². The lowest BCUT2D eigenvalue weighted by Crippen LogP contribution is -2.11. The second kappa shape index (κ2) is 6.81. The molecule has 0 spiro atoms. The second-order valence-electron chi connectivity index (χ2n) is 3.74. The predicted octanol–water partition coefficient (Wildman–Crippen LogP) is 4.70. The summed E-state index contributed by atoms with van der Waals surface area (Å²) in [4.78, 5) is 0. The van der Waals surface area contributed by atoms with Gasteiger partial charge in [-0.1, -0.05) is 37.9 Å². The van der Waals surface area contributed by atoms with Crippen molar-refractivity contribution in [3.8, 4) is 5.75 Å². The third kappa shape index (κ3) is 4.35. The van der Waals surface area contributed by atoms with Gasteiger partial charge in [-0.15, -0.1) is 0 Å². The first kappa shape index (κ1) is 13.4. The van der Waals surface area contributed by atoms with Crippen LogP contribution in [0.25, 0.3) is 0 Å². The summed E-state index contributed by atoms with van der Waals surface area (Å²) in [6.45, 7) is 1.40. The SMILES string of the molecule is Brc1ccc(NCCOc2cccc(Br)c2)cc1. The molecule has 0 heterocycles. The fraction of sp³-hybridized carbons (Fsp3) is 0.143. The maximum Gasteiger partial charge on any atom is 0.120 e. The molecule has 0 aliphatic heterocycles. The van der Waals surface area contributed by atoms with Gasteiger partial charge in [-0.05, 0) is 42.5 Å². The molecule has 4 heteroatoms. The van der Waals surface area contributed by atoms with E-state index in [4.69, 9.17) is 4.74 Å². The van der Waals surface area contributed by atoms with E-state index in [0.29, 0.717) is 6.61 Å². The minimum Gasteiger partial charge on any atom is -0.492 e. The van der Waals surface area contributed by atoms with Gasteiger partial charge in [0, 0.05) is 21.2 Å². The first-order valence-corrected chi connectivity index (χ1v) is 7.20. The maximum atomic E-state index is 5.63. The van der Waals surface area contributed by atoms with Crippen LogP contribution in [0, 0.1) is 0 Å². The lowest BCUT2D eigenvalue weighted by molar-refractivity contribution is 0.332. The first-order valence-electron chi connectivity index (χ1n) is 5.62. The van der Waals surface area contributed by atoms with Crippen LogP contribution in [0.15, 0.2) is 57.5 Å². The minimum absolute atomic E-state index is 0.631. The molecule has 0 fully saturated rings. The summed E-state index contributed by atoms with van der Waals surface area (Å²) in [5.41, 5.74) is 1.09. The van der Waals surface area contributed by atoms with Crippen molar-refractivity contribution >= 4 is 37.5 Å². The molecule has 2 aromatic carbocycles. The number of ether oxygens (including phenoxy) is 1. The minimum atomic E-state index is 0.631. The predicted molar refractivity (Wildman–Crippen MR) is 82.3 cm³/mol. The molecule has 0 unspecified atom stereocenters. The van der Waals surface area contributed by atoms with Crippen molar-refractivity contribution < 1.29 is 4.74 Å². The van der Waals surface area contributed by atoms with Gasteiger partial charge < -0.3 is 10.1 Å². The van der Waals surface area contributed by atoms with E-state index in [1.54, 1.807) is 0 Å². The third-order valence-corrected chi connectivity index (χ3v) is 3.36. The quantitative estimate of drug-likeness (QED) is 0.770. The van der Waals surface area contributed by atoms with Crippen LogP contribution in [-0.2, 0) is 0 Å². The van der Waals surface area contributed by atoms with Crippen molar-refractivity contribution in [1.82, 2.24) is 0 Å². The molecule has 0 amide bonds. The summed E-state index contributed by atoms with van der Waals surface area (Å²) in [6.07, 6.45) is 0. The largest absolute Gasteiger partial charge is 0.492 e. The molecule has 0 aliphatic rings. The zero-order chi connectivity index (χ0) is 12.8. The Morgan fingerprint density at radius 3 is 2.44 bits per heavy atom. The van der Waals surface area contributed by atoms with Gasteiger partial charge in [0.05, 0.1) is 0 Å². The summed E-state index contributed by atoms with van der Waals surface area (Å²) < 4.78 is 7.74. The molecule has 0 atom stereocenters. The topological polar surface area (TPSA) is 21.3 Å². The van der Waals surface area contributed by atoms with E-state index < -0.39 is 0 Å². The Morgan fingerprint density at radius 1 is 0.944 bits per heavy atom. The van der Waals surface area contributed by atoms with E-state index in [1.807, 2.05) is 48.5 Å². The van der Waals surface area contributed by atoms with Crippen LogP contribution in [0.4, 0.5) is 5.69 Å². The zero-order valence-corrected chi connectivity index (χ0v) is 12.9. The molecular formula is C14H13Br2NO. The normalized spacial score (nSPS) is 10.1. The Balaban J connectivity index is 1.74. The first-order chi connectivity index (χ1) is 8.74. The van der Waals surface area contributed by atoms with Crippen molar-refractivity contribution in [3.63, 3.8) is 0 Å². The average molecular weight is 371 g/mol. The Hall–Kier alpha value is -1.00. The molecule has 0 bridgehead atoms. The summed E-state index contributed by atoms with van der Waals surface area (Å²) in [7, 11) is 0. The molecule has 0 saturated heterocycles. The molecule has 94 valence electrons. The lowest BCUT2D eigenvalue weighted by atomic mass is 10.3. The highest BCUT2D eigenvalue weighted by Gasteiger charge is 1.95. The molecule has 2 nitrogen and oxygen atoms in total. The average Bonchev–Trinajstić information content (AvgIpc) is 2.37. The summed E-state index contributed by atoms with van der Waals surface area (Å²) >= 11 is 6.82. The van der Waals surface area contributed by atoms with E-state index in [1.165, 1.54) is 0 Å². The van der Waals surface area contributed by atoms with Crippen molar-refractivity contribution in [3.05, 3.63) is 57.5 Å². The molecule has 2 rings (SSSR count). The zero-order valence-electron chi connectivity index (χ0n) is 9.70. The Morgan fingerprint density at radius 2 is 1.72 bits per heavy atom. The molecular weight excluding hydrogens is 358 g/mol. The van der Waals surface area contributed by atoms with Gasteiger partial charge in [-0.3, -0.25) is 0 Å². The van der Waals surface area contributed by atoms with E-state index in [2.05, 4.69) is 37.2 Å². The van der Waals surface area contributed by atoms with Crippen LogP contribution in [0.1, 0.15) is 0 Å². The summed E-state index contributed by atoms with van der Waals surface area (Å²) in [5.74, 6) is 0.877. The highest BCUT2D eigenvalue weighted by Crippen LogP contribution is 2.17. The van der Waals surface area contributed by atoms with Gasteiger partial charge in [-0.2, -0.15) is 0 Å². The summed E-state index contributed by atoms with van der Waals surface area (Å²) in [6, 6.07) is 15.9. The summed E-state index contributed by atoms with van der Waals surface area (Å²) in [5, 5.41) is 3.30. The van der Waals surface area contributed by atoms with E-state index in [0.717, 1.165) is 26.9 Å². The third-order valence-electron chi connectivity index (χ3n) is 2.34. The fourth-order valence-corrected chi connectivity index (χ4v) is 2.13. The number of benzene rings is 2. The Labute approximate surface area is 124 Å².